The van der Waals surface area contributed by atoms with E-state index in [1.165, 1.54) is 4.49 Å². The number of nitrogens with one attached hydrogen (secondary N) is 1. The van der Waals surface area contributed by atoms with E-state index < -0.39 is 29.8 Å². The van der Waals surface area contributed by atoms with E-state index in [-0.39, 0.29) is 6.54 Å². The van der Waals surface area contributed by atoms with Gasteiger partial charge in [-0.1, -0.05) is 0 Å². The summed E-state index contributed by atoms with van der Waals surface area (Å²) in [6.45, 7) is 0.0306. The zero-order valence-electron chi connectivity index (χ0n) is 8.24. The molecule has 1 amide bonds. The molecular weight excluding hydrogens is 259 g/mol. The highest BCUT2D eigenvalue weighted by Crippen LogP contribution is 2.39. The Morgan fingerprint density at radius 3 is 2.62 bits per heavy atom. The highest BCUT2D eigenvalue weighted by Gasteiger charge is 2.38. The van der Waals surface area contributed by atoms with Crippen LogP contribution in [0.1, 0.15) is 12.8 Å². The van der Waals surface area contributed by atoms with Gasteiger partial charge in [0, 0.05) is 6.54 Å². The maximum Gasteiger partial charge on any atom is 0.341 e. The molecule has 16 heavy (non-hydrogen) atoms. The Morgan fingerprint density at radius 2 is 2.12 bits per heavy atom. The van der Waals surface area contributed by atoms with Crippen LogP contribution >= 0.6 is 7.59 Å². The predicted octanol–water partition coefficient (Wildman–Crippen LogP) is -1.60. The molecule has 0 aromatic rings. The molecule has 1 aliphatic heterocycles. The smallest absolute Gasteiger partial charge is 0.320 e. The predicted molar refractivity (Wildman–Crippen MR) is 55.4 cm³/mol. The maximum atomic E-state index is 11.7. The summed E-state index contributed by atoms with van der Waals surface area (Å²) in [4.78, 5) is 11.5. The molecule has 94 valence electrons. The summed E-state index contributed by atoms with van der Waals surface area (Å²) >= 11 is 0. The van der Waals surface area contributed by atoms with E-state index in [0.29, 0.717) is 17.5 Å². The number of hydrogen-bond acceptors (Lipinski definition) is 5. The van der Waals surface area contributed by atoms with E-state index >= 15 is 0 Å². The van der Waals surface area contributed by atoms with Gasteiger partial charge in [0.25, 0.3) is 0 Å². The van der Waals surface area contributed by atoms with Gasteiger partial charge in [-0.25, -0.2) is 0 Å². The van der Waals surface area contributed by atoms with Crippen molar-refractivity contribution in [1.82, 2.24) is 9.16 Å². The molecule has 0 unspecified atom stereocenters. The Kier molecular flexibility index (Phi) is 3.72. The minimum atomic E-state index is -4.74. The molecule has 1 rings (SSSR count). The zero-order chi connectivity index (χ0) is 12.6. The fourth-order valence-electron chi connectivity index (χ4n) is 1.40. The van der Waals surface area contributed by atoms with E-state index in [1.807, 2.05) is 0 Å². The molecule has 0 aromatic heterocycles. The van der Waals surface area contributed by atoms with Gasteiger partial charge < -0.3 is 5.73 Å². The van der Waals surface area contributed by atoms with Crippen LogP contribution in [0.3, 0.4) is 0 Å². The normalized spacial score (nSPS) is 26.6. The van der Waals surface area contributed by atoms with Gasteiger partial charge in [-0.15, -0.1) is 4.49 Å². The fraction of sp³-hybridized carbons (Fsp3) is 0.800. The quantitative estimate of drug-likeness (QED) is 0.356. The van der Waals surface area contributed by atoms with E-state index in [2.05, 4.69) is 0 Å². The third kappa shape index (κ3) is 3.24. The molecule has 11 heteroatoms. The number of nitrogens with zero attached hydrogens (tertiary/aromatic N) is 1. The number of rotatable bonds is 3. The van der Waals surface area contributed by atoms with Crippen LogP contribution in [0.5, 0.6) is 0 Å². The molecule has 0 aliphatic carbocycles. The van der Waals surface area contributed by atoms with Crippen LogP contribution in [-0.4, -0.2) is 36.1 Å². The van der Waals surface area contributed by atoms with Gasteiger partial charge in [0.1, 0.15) is 0 Å². The Labute approximate surface area is 92.6 Å². The average molecular weight is 272 g/mol. The van der Waals surface area contributed by atoms with Crippen molar-refractivity contribution in [2.45, 2.75) is 18.9 Å². The lowest BCUT2D eigenvalue weighted by Crippen LogP contribution is -2.50. The summed E-state index contributed by atoms with van der Waals surface area (Å²) < 4.78 is 43.2. The van der Waals surface area contributed by atoms with E-state index in [9.17, 15) is 17.8 Å². The first-order valence-electron chi connectivity index (χ1n) is 4.36. The van der Waals surface area contributed by atoms with Gasteiger partial charge in [-0.05, 0) is 12.8 Å². The lowest BCUT2D eigenvalue weighted by Gasteiger charge is -2.33. The van der Waals surface area contributed by atoms with Crippen molar-refractivity contribution in [3.05, 3.63) is 0 Å². The van der Waals surface area contributed by atoms with Crippen LogP contribution in [0, 0.1) is 0 Å². The summed E-state index contributed by atoms with van der Waals surface area (Å²) in [6.07, 6.45) is 0.877. The molecule has 0 radical (unpaired) electrons. The molecule has 0 bridgehead atoms. The van der Waals surface area contributed by atoms with Crippen LogP contribution < -0.4 is 15.7 Å². The topological polar surface area (TPSA) is 156 Å². The Hall–Kier alpha value is -0.510. The molecule has 0 aromatic carbocycles. The first-order valence-corrected chi connectivity index (χ1v) is 7.53. The molecule has 1 heterocycles. The minimum absolute atomic E-state index is 0.0306. The molecule has 9 nitrogen and oxygen atoms in total. The molecule has 1 fully saturated rings. The number of carbonyl (C=O) groups excluding carboxylic acids is 1. The number of carbonyl (C=O) groups is 1. The van der Waals surface area contributed by atoms with Crippen LogP contribution in [-0.2, 0) is 19.7 Å². The molecular formula is C5H13N4O5PS. The van der Waals surface area contributed by atoms with Crippen LogP contribution in [0.25, 0.3) is 0 Å². The fourth-order valence-corrected chi connectivity index (χ4v) is 3.99. The zero-order valence-corrected chi connectivity index (χ0v) is 9.95. The summed E-state index contributed by atoms with van der Waals surface area (Å²) in [5, 5.41) is 0. The van der Waals surface area contributed by atoms with Gasteiger partial charge in [0.05, 0.1) is 6.04 Å². The van der Waals surface area contributed by atoms with E-state index in [0.717, 1.165) is 0 Å². The summed E-state index contributed by atoms with van der Waals surface area (Å²) in [6, 6.07) is -0.853. The number of amides is 1. The summed E-state index contributed by atoms with van der Waals surface area (Å²) in [5.41, 5.74) is 10.6. The third-order valence-electron chi connectivity index (χ3n) is 2.06. The molecule has 0 spiro atoms. The van der Waals surface area contributed by atoms with Gasteiger partial charge in [-0.2, -0.15) is 8.42 Å². The number of nitrogens with two attached hydrogens (primary N) is 2. The van der Waals surface area contributed by atoms with Crippen molar-refractivity contribution >= 4 is 23.8 Å². The van der Waals surface area contributed by atoms with Gasteiger partial charge >= 0.3 is 17.9 Å². The highest BCUT2D eigenvalue weighted by molar-refractivity contribution is 7.90. The molecule has 1 aliphatic rings. The molecule has 0 saturated carbocycles. The van der Waals surface area contributed by atoms with Crippen molar-refractivity contribution < 1.29 is 22.3 Å². The summed E-state index contributed by atoms with van der Waals surface area (Å²) in [5.74, 6) is -0.701. The second kappa shape index (κ2) is 4.40. The van der Waals surface area contributed by atoms with Gasteiger partial charge in [0.15, 0.2) is 0 Å². The van der Waals surface area contributed by atoms with E-state index in [4.69, 9.17) is 15.8 Å². The Bertz CT molecular complexity index is 436. The van der Waals surface area contributed by atoms with Gasteiger partial charge in [0.2, 0.25) is 5.91 Å². The molecule has 1 saturated heterocycles. The Morgan fingerprint density at radius 1 is 1.56 bits per heavy atom. The number of piperidine rings is 1. The largest absolute Gasteiger partial charge is 0.341 e. The van der Waals surface area contributed by atoms with Crippen LogP contribution in [0.4, 0.5) is 0 Å². The van der Waals surface area contributed by atoms with Crippen LogP contribution in [0.15, 0.2) is 0 Å². The monoisotopic (exact) mass is 272 g/mol. The minimum Gasteiger partial charge on any atom is -0.320 e. The first-order chi connectivity index (χ1) is 7.13. The van der Waals surface area contributed by atoms with E-state index in [1.54, 1.807) is 0 Å². The summed E-state index contributed by atoms with van der Waals surface area (Å²) in [7, 11) is -8.91. The molecule has 6 N–H and O–H groups in total. The van der Waals surface area contributed by atoms with Crippen molar-refractivity contribution in [2.24, 2.45) is 11.2 Å². The molecule has 2 atom stereocenters. The van der Waals surface area contributed by atoms with Gasteiger partial charge in [-0.3, -0.25) is 24.1 Å². The Balaban J connectivity index is 2.91. The standard InChI is InChI=1S/C5H13N4O5PS/c6-4-2-1-3-9(5(4)10)15(7,11)8-16(12,13)14/h4H,1-3,6H2,(H3,7,8,11)(H,12,13,14)/t4-,15-/m1/s1. The average Bonchev–Trinajstić information content (AvgIpc) is 2.05. The number of hydrogen-bond donors (Lipinski definition) is 4. The van der Waals surface area contributed by atoms with Crippen molar-refractivity contribution in [1.29, 1.82) is 0 Å². The lowest BCUT2D eigenvalue weighted by molar-refractivity contribution is -0.129. The SMILES string of the molecule is N[C@@H]1CCCN([P@](N)(=O)NS(=O)(=O)O)C1=O. The van der Waals surface area contributed by atoms with Crippen molar-refractivity contribution in [2.75, 3.05) is 6.54 Å². The van der Waals surface area contributed by atoms with Crippen molar-refractivity contribution in [3.8, 4) is 0 Å². The lowest BCUT2D eigenvalue weighted by atomic mass is 10.1. The highest BCUT2D eigenvalue weighted by atomic mass is 32.2. The first kappa shape index (κ1) is 13.6. The maximum absolute atomic E-state index is 11.7. The second-order valence-electron chi connectivity index (χ2n) is 3.40. The van der Waals surface area contributed by atoms with Crippen LogP contribution in [0.2, 0.25) is 0 Å². The second-order valence-corrected chi connectivity index (χ2v) is 6.81. The third-order valence-corrected chi connectivity index (χ3v) is 5.15. The van der Waals surface area contributed by atoms with Crippen molar-refractivity contribution in [3.63, 3.8) is 0 Å².